The van der Waals surface area contributed by atoms with E-state index in [0.717, 1.165) is 19.3 Å². The van der Waals surface area contributed by atoms with Crippen LogP contribution in [0, 0.1) is 0 Å². The van der Waals surface area contributed by atoms with Gasteiger partial charge in [0.15, 0.2) is 0 Å². The molecule has 1 radical (unpaired) electrons. The molecule has 0 bridgehead atoms. The summed E-state index contributed by atoms with van der Waals surface area (Å²) >= 11 is 0. The first-order valence-corrected chi connectivity index (χ1v) is 8.02. The molecular weight excluding hydrogens is 232 g/mol. The fraction of sp³-hybridized carbons (Fsp3) is 0.667. The summed E-state index contributed by atoms with van der Waals surface area (Å²) in [5.41, 5.74) is 2.92. The van der Waals surface area contributed by atoms with Gasteiger partial charge in [0, 0.05) is 0 Å². The number of rotatable bonds is 11. The number of aryl methyl sites for hydroxylation is 2. The Morgan fingerprint density at radius 1 is 0.684 bits per heavy atom. The monoisotopic (exact) mass is 261 g/mol. The Labute approximate surface area is 119 Å². The molecule has 1 rings (SSSR count). The van der Waals surface area contributed by atoms with Crippen LogP contribution in [0.25, 0.3) is 0 Å². The van der Waals surface area contributed by atoms with E-state index in [1.165, 1.54) is 56.1 Å². The highest BCUT2D eigenvalue weighted by Gasteiger charge is 1.96. The number of hydrogen-bond donors (Lipinski definition) is 0. The molecule has 0 aliphatic heterocycles. The van der Waals surface area contributed by atoms with Crippen molar-refractivity contribution in [2.24, 2.45) is 0 Å². The molecule has 1 aromatic carbocycles. The predicted octanol–water partition coefficient (Wildman–Crippen LogP) is 5.34. The van der Waals surface area contributed by atoms with Crippen molar-refractivity contribution in [2.75, 3.05) is 6.61 Å². The van der Waals surface area contributed by atoms with Crippen molar-refractivity contribution in [1.29, 1.82) is 0 Å². The van der Waals surface area contributed by atoms with Crippen LogP contribution in [0.1, 0.15) is 69.4 Å². The maximum absolute atomic E-state index is 10.3. The molecule has 19 heavy (non-hydrogen) atoms. The van der Waals surface area contributed by atoms with Gasteiger partial charge < -0.3 is 0 Å². The minimum atomic E-state index is 0.0900. The topological polar surface area (TPSA) is 19.9 Å². The number of hydrogen-bond acceptors (Lipinski definition) is 0. The highest BCUT2D eigenvalue weighted by Crippen LogP contribution is 2.12. The van der Waals surface area contributed by atoms with Gasteiger partial charge in [0.05, 0.1) is 6.61 Å². The highest BCUT2D eigenvalue weighted by molar-refractivity contribution is 5.22. The van der Waals surface area contributed by atoms with Gasteiger partial charge in [-0.15, -0.1) is 0 Å². The fourth-order valence-corrected chi connectivity index (χ4v) is 2.41. The Kier molecular flexibility index (Phi) is 9.44. The molecule has 0 atom stereocenters. The second-order valence-corrected chi connectivity index (χ2v) is 5.50. The summed E-state index contributed by atoms with van der Waals surface area (Å²) < 4.78 is 0. The molecule has 1 aromatic rings. The molecule has 0 heterocycles. The summed E-state index contributed by atoms with van der Waals surface area (Å²) in [6, 6.07) is 9.14. The van der Waals surface area contributed by atoms with Gasteiger partial charge in [-0.05, 0) is 43.2 Å². The predicted molar refractivity (Wildman–Crippen MR) is 82.0 cm³/mol. The summed E-state index contributed by atoms with van der Waals surface area (Å²) in [5, 5.41) is 10.3. The normalized spacial score (nSPS) is 10.8. The van der Waals surface area contributed by atoms with Crippen LogP contribution in [0.4, 0.5) is 0 Å². The van der Waals surface area contributed by atoms with Crippen LogP contribution in [0.3, 0.4) is 0 Å². The molecular formula is C18H29O. The van der Waals surface area contributed by atoms with Gasteiger partial charge in [-0.3, -0.25) is 0 Å². The van der Waals surface area contributed by atoms with Gasteiger partial charge in [-0.25, -0.2) is 5.11 Å². The van der Waals surface area contributed by atoms with Gasteiger partial charge >= 0.3 is 0 Å². The third-order valence-corrected chi connectivity index (χ3v) is 3.70. The van der Waals surface area contributed by atoms with E-state index >= 15 is 0 Å². The van der Waals surface area contributed by atoms with E-state index in [-0.39, 0.29) is 6.61 Å². The maximum Gasteiger partial charge on any atom is 0.0822 e. The fourth-order valence-electron chi connectivity index (χ4n) is 2.41. The lowest BCUT2D eigenvalue weighted by Crippen LogP contribution is -1.90. The summed E-state index contributed by atoms with van der Waals surface area (Å²) in [6.07, 6.45) is 12.1. The first-order chi connectivity index (χ1) is 9.36. The molecule has 0 saturated heterocycles. The van der Waals surface area contributed by atoms with E-state index in [0.29, 0.717) is 0 Å². The van der Waals surface area contributed by atoms with Gasteiger partial charge in [0.2, 0.25) is 0 Å². The summed E-state index contributed by atoms with van der Waals surface area (Å²) in [7, 11) is 0. The summed E-state index contributed by atoms with van der Waals surface area (Å²) in [6.45, 7) is 2.35. The molecule has 1 heteroatoms. The molecule has 0 amide bonds. The molecule has 0 N–H and O–H groups in total. The SMILES string of the molecule is CCCCCCc1ccc(CCCCCC[O])cc1. The van der Waals surface area contributed by atoms with Crippen molar-refractivity contribution in [3.8, 4) is 0 Å². The smallest absolute Gasteiger partial charge is 0.0822 e. The molecule has 0 unspecified atom stereocenters. The third kappa shape index (κ3) is 8.05. The van der Waals surface area contributed by atoms with E-state index in [9.17, 15) is 5.11 Å². The van der Waals surface area contributed by atoms with Crippen molar-refractivity contribution >= 4 is 0 Å². The van der Waals surface area contributed by atoms with Crippen molar-refractivity contribution in [2.45, 2.75) is 71.1 Å². The lowest BCUT2D eigenvalue weighted by atomic mass is 10.0. The summed E-state index contributed by atoms with van der Waals surface area (Å²) in [5.74, 6) is 0. The molecule has 1 nitrogen and oxygen atoms in total. The van der Waals surface area contributed by atoms with Crippen molar-refractivity contribution in [1.82, 2.24) is 0 Å². The van der Waals surface area contributed by atoms with Crippen LogP contribution in [0.15, 0.2) is 24.3 Å². The van der Waals surface area contributed by atoms with E-state index in [4.69, 9.17) is 0 Å². The van der Waals surface area contributed by atoms with Gasteiger partial charge in [0.1, 0.15) is 0 Å². The number of benzene rings is 1. The van der Waals surface area contributed by atoms with Crippen LogP contribution in [0.2, 0.25) is 0 Å². The van der Waals surface area contributed by atoms with Gasteiger partial charge in [0.25, 0.3) is 0 Å². The van der Waals surface area contributed by atoms with Gasteiger partial charge in [-0.1, -0.05) is 63.3 Å². The second-order valence-electron chi connectivity index (χ2n) is 5.50. The zero-order valence-electron chi connectivity index (χ0n) is 12.5. The maximum atomic E-state index is 10.3. The van der Waals surface area contributed by atoms with Gasteiger partial charge in [-0.2, -0.15) is 0 Å². The lowest BCUT2D eigenvalue weighted by Gasteiger charge is -2.04. The Bertz CT molecular complexity index is 302. The molecule has 0 saturated carbocycles. The van der Waals surface area contributed by atoms with Crippen LogP contribution < -0.4 is 0 Å². The van der Waals surface area contributed by atoms with E-state index < -0.39 is 0 Å². The molecule has 0 aliphatic carbocycles. The molecule has 0 spiro atoms. The zero-order chi connectivity index (χ0) is 13.8. The van der Waals surface area contributed by atoms with E-state index in [2.05, 4.69) is 31.2 Å². The standard InChI is InChI=1S/C18H29O/c1-2-3-4-7-10-17-12-14-18(15-13-17)11-8-5-6-9-16-19/h12-15H,2-11,16H2,1H3. The minimum Gasteiger partial charge on any atom is -0.237 e. The highest BCUT2D eigenvalue weighted by atomic mass is 16.2. The number of unbranched alkanes of at least 4 members (excludes halogenated alkanes) is 6. The minimum absolute atomic E-state index is 0.0900. The molecule has 0 aromatic heterocycles. The average molecular weight is 261 g/mol. The van der Waals surface area contributed by atoms with Crippen LogP contribution in [-0.4, -0.2) is 6.61 Å². The largest absolute Gasteiger partial charge is 0.237 e. The zero-order valence-corrected chi connectivity index (χ0v) is 12.5. The van der Waals surface area contributed by atoms with Crippen LogP contribution >= 0.6 is 0 Å². The van der Waals surface area contributed by atoms with Crippen molar-refractivity contribution in [3.63, 3.8) is 0 Å². The summed E-state index contributed by atoms with van der Waals surface area (Å²) in [4.78, 5) is 0. The molecule has 0 aliphatic rings. The van der Waals surface area contributed by atoms with E-state index in [1.807, 2.05) is 0 Å². The Morgan fingerprint density at radius 2 is 1.16 bits per heavy atom. The Morgan fingerprint density at radius 3 is 1.63 bits per heavy atom. The Balaban J connectivity index is 2.16. The van der Waals surface area contributed by atoms with Crippen molar-refractivity contribution < 1.29 is 5.11 Å². The first-order valence-electron chi connectivity index (χ1n) is 8.02. The third-order valence-electron chi connectivity index (χ3n) is 3.70. The van der Waals surface area contributed by atoms with E-state index in [1.54, 1.807) is 0 Å². The van der Waals surface area contributed by atoms with Crippen LogP contribution in [-0.2, 0) is 17.9 Å². The average Bonchev–Trinajstić information content (AvgIpc) is 2.45. The second kappa shape index (κ2) is 11.0. The van der Waals surface area contributed by atoms with Crippen LogP contribution in [0.5, 0.6) is 0 Å². The lowest BCUT2D eigenvalue weighted by molar-refractivity contribution is 0.186. The molecule has 0 fully saturated rings. The molecule has 107 valence electrons. The Hall–Kier alpha value is -0.820. The van der Waals surface area contributed by atoms with Crippen molar-refractivity contribution in [3.05, 3.63) is 35.4 Å². The quantitative estimate of drug-likeness (QED) is 0.479. The first kappa shape index (κ1) is 16.2.